The minimum absolute atomic E-state index is 0.145. The van der Waals surface area contributed by atoms with Gasteiger partial charge in [0, 0.05) is 19.2 Å². The molecule has 0 saturated carbocycles. The van der Waals surface area contributed by atoms with Crippen molar-refractivity contribution in [1.29, 1.82) is 0 Å². The zero-order valence-corrected chi connectivity index (χ0v) is 13.2. The fraction of sp³-hybridized carbons (Fsp3) is 0.538. The number of hydrogen-bond donors (Lipinski definition) is 2. The second-order valence-electron chi connectivity index (χ2n) is 5.13. The Morgan fingerprint density at radius 2 is 1.95 bits per heavy atom. The summed E-state index contributed by atoms with van der Waals surface area (Å²) >= 11 is 0. The van der Waals surface area contributed by atoms with E-state index in [0.717, 1.165) is 0 Å². The van der Waals surface area contributed by atoms with Crippen LogP contribution >= 0.6 is 0 Å². The summed E-state index contributed by atoms with van der Waals surface area (Å²) in [5, 5.41) is 0. The molecule has 1 heterocycles. The molecular weight excluding hydrogens is 294 g/mol. The van der Waals surface area contributed by atoms with Crippen LogP contribution in [-0.2, 0) is 14.9 Å². The molecule has 0 aromatic heterocycles. The van der Waals surface area contributed by atoms with E-state index in [1.807, 2.05) is 13.8 Å². The van der Waals surface area contributed by atoms with Crippen molar-refractivity contribution in [1.82, 2.24) is 4.31 Å². The van der Waals surface area contributed by atoms with Gasteiger partial charge in [-0.3, -0.25) is 4.72 Å². The van der Waals surface area contributed by atoms with Crippen LogP contribution in [0.2, 0.25) is 0 Å². The lowest BCUT2D eigenvalue weighted by molar-refractivity contribution is -0.0439. The quantitative estimate of drug-likeness (QED) is 0.810. The van der Waals surface area contributed by atoms with Crippen molar-refractivity contribution < 1.29 is 17.9 Å². The molecule has 0 amide bonds. The molecule has 1 saturated heterocycles. The number of nitrogens with two attached hydrogens (primary N) is 1. The number of morpholine rings is 1. The predicted octanol–water partition coefficient (Wildman–Crippen LogP) is 1.04. The third-order valence-electron chi connectivity index (χ3n) is 3.23. The number of rotatable bonds is 4. The van der Waals surface area contributed by atoms with E-state index in [1.165, 1.54) is 11.4 Å². The van der Waals surface area contributed by atoms with E-state index in [0.29, 0.717) is 30.2 Å². The van der Waals surface area contributed by atoms with Crippen LogP contribution in [0.3, 0.4) is 0 Å². The Morgan fingerprint density at radius 1 is 1.33 bits per heavy atom. The first kappa shape index (κ1) is 15.9. The van der Waals surface area contributed by atoms with Gasteiger partial charge in [0.2, 0.25) is 0 Å². The van der Waals surface area contributed by atoms with Crippen molar-refractivity contribution in [3.05, 3.63) is 18.2 Å². The summed E-state index contributed by atoms with van der Waals surface area (Å²) in [6, 6.07) is 4.83. The topological polar surface area (TPSA) is 93.9 Å². The molecular formula is C13H21N3O4S. The largest absolute Gasteiger partial charge is 0.497 e. The Hall–Kier alpha value is -1.51. The van der Waals surface area contributed by atoms with E-state index in [2.05, 4.69) is 4.72 Å². The van der Waals surface area contributed by atoms with Crippen LogP contribution in [0.1, 0.15) is 13.8 Å². The summed E-state index contributed by atoms with van der Waals surface area (Å²) in [4.78, 5) is 0. The highest BCUT2D eigenvalue weighted by atomic mass is 32.2. The highest BCUT2D eigenvalue weighted by Gasteiger charge is 2.31. The van der Waals surface area contributed by atoms with Crippen LogP contribution in [0, 0.1) is 0 Å². The predicted molar refractivity (Wildman–Crippen MR) is 81.5 cm³/mol. The van der Waals surface area contributed by atoms with E-state index in [1.54, 1.807) is 18.2 Å². The van der Waals surface area contributed by atoms with Gasteiger partial charge in [0.1, 0.15) is 5.75 Å². The second-order valence-corrected chi connectivity index (χ2v) is 6.81. The molecule has 7 nitrogen and oxygen atoms in total. The lowest BCUT2D eigenvalue weighted by atomic mass is 10.2. The fourth-order valence-corrected chi connectivity index (χ4v) is 3.68. The van der Waals surface area contributed by atoms with Crippen molar-refractivity contribution in [2.75, 3.05) is 30.7 Å². The first-order valence-corrected chi connectivity index (χ1v) is 8.12. The van der Waals surface area contributed by atoms with Crippen LogP contribution in [0.4, 0.5) is 11.4 Å². The van der Waals surface area contributed by atoms with Gasteiger partial charge in [0.15, 0.2) is 0 Å². The Labute approximate surface area is 125 Å². The van der Waals surface area contributed by atoms with Gasteiger partial charge in [-0.2, -0.15) is 12.7 Å². The number of anilines is 2. The standard InChI is InChI=1S/C13H21N3O4S/c1-9-7-16(8-10(2)20-9)21(17,18)15-13-6-11(19-3)4-5-12(13)14/h4-6,9-10,15H,7-8,14H2,1-3H3. The van der Waals surface area contributed by atoms with Crippen LogP contribution in [-0.4, -0.2) is 45.1 Å². The summed E-state index contributed by atoms with van der Waals surface area (Å²) in [5.74, 6) is 0.533. The lowest BCUT2D eigenvalue weighted by Gasteiger charge is -2.34. The minimum atomic E-state index is -3.68. The Bertz CT molecular complexity index is 595. The van der Waals surface area contributed by atoms with Gasteiger partial charge in [-0.25, -0.2) is 0 Å². The molecule has 8 heteroatoms. The van der Waals surface area contributed by atoms with Crippen molar-refractivity contribution in [3.63, 3.8) is 0 Å². The average Bonchev–Trinajstić information content (AvgIpc) is 2.40. The molecule has 0 bridgehead atoms. The first-order valence-electron chi connectivity index (χ1n) is 6.68. The van der Waals surface area contributed by atoms with Gasteiger partial charge in [-0.15, -0.1) is 0 Å². The van der Waals surface area contributed by atoms with Gasteiger partial charge in [-0.1, -0.05) is 0 Å². The molecule has 3 N–H and O–H groups in total. The maximum atomic E-state index is 12.5. The number of methoxy groups -OCH3 is 1. The van der Waals surface area contributed by atoms with Crippen molar-refractivity contribution in [2.45, 2.75) is 26.1 Å². The summed E-state index contributed by atoms with van der Waals surface area (Å²) < 4.78 is 39.4. The van der Waals surface area contributed by atoms with Crippen LogP contribution in [0.25, 0.3) is 0 Å². The van der Waals surface area contributed by atoms with E-state index in [-0.39, 0.29) is 12.2 Å². The van der Waals surface area contributed by atoms with Gasteiger partial charge < -0.3 is 15.2 Å². The SMILES string of the molecule is COc1ccc(N)c(NS(=O)(=O)N2CC(C)OC(C)C2)c1. The summed E-state index contributed by atoms with van der Waals surface area (Å²) in [6.07, 6.45) is -0.291. The molecule has 2 rings (SSSR count). The Morgan fingerprint density at radius 3 is 2.52 bits per heavy atom. The van der Waals surface area contributed by atoms with E-state index >= 15 is 0 Å². The Kier molecular flexibility index (Phi) is 4.60. The van der Waals surface area contributed by atoms with Crippen molar-refractivity contribution in [3.8, 4) is 5.75 Å². The molecule has 0 aliphatic carbocycles. The zero-order chi connectivity index (χ0) is 15.6. The molecule has 0 radical (unpaired) electrons. The van der Waals surface area contributed by atoms with Crippen LogP contribution in [0.5, 0.6) is 5.75 Å². The van der Waals surface area contributed by atoms with Crippen LogP contribution in [0.15, 0.2) is 18.2 Å². The molecule has 21 heavy (non-hydrogen) atoms. The van der Waals surface area contributed by atoms with Crippen molar-refractivity contribution in [2.24, 2.45) is 0 Å². The fourth-order valence-electron chi connectivity index (χ4n) is 2.28. The molecule has 1 aromatic rings. The summed E-state index contributed by atoms with van der Waals surface area (Å²) in [5.41, 5.74) is 6.46. The molecule has 2 unspecified atom stereocenters. The minimum Gasteiger partial charge on any atom is -0.497 e. The monoisotopic (exact) mass is 315 g/mol. The number of nitrogens with zero attached hydrogens (tertiary/aromatic N) is 1. The summed E-state index contributed by atoms with van der Waals surface area (Å²) in [6.45, 7) is 4.31. The third kappa shape index (κ3) is 3.78. The van der Waals surface area contributed by atoms with E-state index in [9.17, 15) is 8.42 Å². The highest BCUT2D eigenvalue weighted by molar-refractivity contribution is 7.90. The van der Waals surface area contributed by atoms with Crippen molar-refractivity contribution >= 4 is 21.6 Å². The van der Waals surface area contributed by atoms with Gasteiger partial charge >= 0.3 is 10.2 Å². The zero-order valence-electron chi connectivity index (χ0n) is 12.4. The third-order valence-corrected chi connectivity index (χ3v) is 4.68. The molecule has 2 atom stereocenters. The van der Waals surface area contributed by atoms with Gasteiger partial charge in [0.05, 0.1) is 30.7 Å². The molecule has 1 fully saturated rings. The molecule has 1 aliphatic heterocycles. The summed E-state index contributed by atoms with van der Waals surface area (Å²) in [7, 11) is -2.17. The smallest absolute Gasteiger partial charge is 0.301 e. The molecule has 0 spiro atoms. The number of nitrogen functional groups attached to an aromatic ring is 1. The molecule has 1 aliphatic rings. The van der Waals surface area contributed by atoms with Gasteiger partial charge in [-0.05, 0) is 26.0 Å². The molecule has 1 aromatic carbocycles. The van der Waals surface area contributed by atoms with Crippen LogP contribution < -0.4 is 15.2 Å². The number of benzene rings is 1. The number of nitrogens with one attached hydrogen (secondary N) is 1. The number of ether oxygens (including phenoxy) is 2. The number of hydrogen-bond acceptors (Lipinski definition) is 5. The second kappa shape index (κ2) is 6.08. The average molecular weight is 315 g/mol. The van der Waals surface area contributed by atoms with Gasteiger partial charge in [0.25, 0.3) is 0 Å². The van der Waals surface area contributed by atoms with E-state index < -0.39 is 10.2 Å². The highest BCUT2D eigenvalue weighted by Crippen LogP contribution is 2.26. The molecule has 118 valence electrons. The first-order chi connectivity index (χ1) is 9.81. The maximum Gasteiger partial charge on any atom is 0.301 e. The lowest BCUT2D eigenvalue weighted by Crippen LogP contribution is -2.49. The Balaban J connectivity index is 2.21. The normalized spacial score (nSPS) is 23.8. The van der Waals surface area contributed by atoms with E-state index in [4.69, 9.17) is 15.2 Å². The maximum absolute atomic E-state index is 12.5.